The van der Waals surface area contributed by atoms with Crippen LogP contribution in [0.1, 0.15) is 34.8 Å². The molecule has 3 unspecified atom stereocenters. The van der Waals surface area contributed by atoms with Crippen molar-refractivity contribution in [3.05, 3.63) is 76.9 Å². The summed E-state index contributed by atoms with van der Waals surface area (Å²) in [5.41, 5.74) is 2.55. The summed E-state index contributed by atoms with van der Waals surface area (Å²) in [6.07, 6.45) is -0.161. The van der Waals surface area contributed by atoms with Gasteiger partial charge in [0, 0.05) is 17.6 Å². The maximum absolute atomic E-state index is 13.2. The molecule has 2 aliphatic heterocycles. The van der Waals surface area contributed by atoms with Crippen LogP contribution < -0.4 is 4.74 Å². The Hall–Kier alpha value is -2.84. The molecule has 172 valence electrons. The fourth-order valence-corrected chi connectivity index (χ4v) is 4.80. The van der Waals surface area contributed by atoms with E-state index in [9.17, 15) is 9.59 Å². The Labute approximate surface area is 192 Å². The third kappa shape index (κ3) is 3.81. The summed E-state index contributed by atoms with van der Waals surface area (Å²) in [6.45, 7) is 2.76. The minimum absolute atomic E-state index is 0.116. The minimum Gasteiger partial charge on any atom is -0.496 e. The summed E-state index contributed by atoms with van der Waals surface area (Å²) in [5, 5.41) is 0. The molecule has 7 heteroatoms. The maximum atomic E-state index is 13.2. The number of carbonyl (C=O) groups is 2. The quantitative estimate of drug-likeness (QED) is 0.691. The molecule has 2 fully saturated rings. The molecule has 0 aromatic heterocycles. The molecule has 0 bridgehead atoms. The molecule has 1 aliphatic carbocycles. The van der Waals surface area contributed by atoms with Crippen LogP contribution in [0.25, 0.3) is 0 Å². The fraction of sp³-hybridized carbons (Fsp3) is 0.385. The zero-order valence-corrected chi connectivity index (χ0v) is 18.6. The van der Waals surface area contributed by atoms with E-state index < -0.39 is 24.1 Å². The Balaban J connectivity index is 1.47. The monoisotopic (exact) mass is 450 g/mol. The lowest BCUT2D eigenvalue weighted by atomic mass is 9.80. The molecular formula is C26H26O7. The Morgan fingerprint density at radius 2 is 1.79 bits per heavy atom. The molecule has 0 saturated carbocycles. The van der Waals surface area contributed by atoms with E-state index in [0.29, 0.717) is 42.3 Å². The lowest BCUT2D eigenvalue weighted by molar-refractivity contribution is -0.175. The Morgan fingerprint density at radius 1 is 1.03 bits per heavy atom. The van der Waals surface area contributed by atoms with Gasteiger partial charge in [-0.1, -0.05) is 42.5 Å². The van der Waals surface area contributed by atoms with Crippen molar-refractivity contribution in [3.8, 4) is 5.75 Å². The SMILES string of the molecule is COc1cccc2c1C(=O)C=C(C1CC(OCc3ccccc3)C(=O)C(C)O1)C21OCCO1. The first-order valence-electron chi connectivity index (χ1n) is 11.1. The van der Waals surface area contributed by atoms with Crippen LogP contribution in [-0.2, 0) is 36.1 Å². The number of fused-ring (bicyclic) bond motifs is 2. The van der Waals surface area contributed by atoms with E-state index in [1.807, 2.05) is 36.4 Å². The van der Waals surface area contributed by atoms with Gasteiger partial charge in [-0.2, -0.15) is 0 Å². The van der Waals surface area contributed by atoms with Gasteiger partial charge in [0.25, 0.3) is 0 Å². The van der Waals surface area contributed by atoms with E-state index in [4.69, 9.17) is 23.7 Å². The largest absolute Gasteiger partial charge is 0.496 e. The van der Waals surface area contributed by atoms with Gasteiger partial charge in [-0.3, -0.25) is 9.59 Å². The van der Waals surface area contributed by atoms with E-state index in [0.717, 1.165) is 5.56 Å². The van der Waals surface area contributed by atoms with Crippen molar-refractivity contribution in [3.63, 3.8) is 0 Å². The van der Waals surface area contributed by atoms with E-state index in [-0.39, 0.29) is 18.0 Å². The summed E-state index contributed by atoms with van der Waals surface area (Å²) in [4.78, 5) is 26.0. The molecule has 0 N–H and O–H groups in total. The number of ketones is 2. The van der Waals surface area contributed by atoms with Crippen LogP contribution in [0.5, 0.6) is 5.75 Å². The first-order chi connectivity index (χ1) is 16.0. The molecule has 1 spiro atoms. The molecule has 7 nitrogen and oxygen atoms in total. The highest BCUT2D eigenvalue weighted by atomic mass is 16.7. The lowest BCUT2D eigenvalue weighted by Crippen LogP contribution is -2.49. The zero-order chi connectivity index (χ0) is 23.0. The third-order valence-corrected chi connectivity index (χ3v) is 6.36. The third-order valence-electron chi connectivity index (χ3n) is 6.36. The summed E-state index contributed by atoms with van der Waals surface area (Å²) >= 11 is 0. The van der Waals surface area contributed by atoms with Crippen molar-refractivity contribution in [1.82, 2.24) is 0 Å². The molecule has 0 radical (unpaired) electrons. The normalized spacial score (nSPS) is 26.2. The molecule has 33 heavy (non-hydrogen) atoms. The molecule has 2 aromatic carbocycles. The van der Waals surface area contributed by atoms with Crippen molar-refractivity contribution < 1.29 is 33.3 Å². The van der Waals surface area contributed by atoms with E-state index in [2.05, 4.69) is 0 Å². The van der Waals surface area contributed by atoms with Crippen LogP contribution in [0.4, 0.5) is 0 Å². The summed E-state index contributed by atoms with van der Waals surface area (Å²) in [5.74, 6) is -1.12. The summed E-state index contributed by atoms with van der Waals surface area (Å²) < 4.78 is 29.8. The fourth-order valence-electron chi connectivity index (χ4n) is 4.80. The molecule has 2 saturated heterocycles. The maximum Gasteiger partial charge on any atom is 0.222 e. The molecule has 3 aliphatic rings. The second-order valence-corrected chi connectivity index (χ2v) is 8.35. The number of benzene rings is 2. The Morgan fingerprint density at radius 3 is 2.52 bits per heavy atom. The van der Waals surface area contributed by atoms with Crippen molar-refractivity contribution in [2.45, 2.75) is 44.1 Å². The lowest BCUT2D eigenvalue weighted by Gasteiger charge is -2.41. The van der Waals surface area contributed by atoms with Gasteiger partial charge in [-0.25, -0.2) is 0 Å². The topological polar surface area (TPSA) is 80.3 Å². The molecule has 0 amide bonds. The number of carbonyl (C=O) groups excluding carboxylic acids is 2. The standard InChI is InChI=1S/C26H26O7/c1-16-25(28)23(30-15-17-7-4-3-5-8-17)14-22(33-16)19-13-20(27)24-18(9-6-10-21(24)29-2)26(19)31-11-12-32-26/h3-10,13,16,22-23H,11-12,14-15H2,1-2H3. The highest BCUT2D eigenvalue weighted by Crippen LogP contribution is 2.48. The van der Waals surface area contributed by atoms with Crippen LogP contribution in [0.3, 0.4) is 0 Å². The van der Waals surface area contributed by atoms with Crippen molar-refractivity contribution >= 4 is 11.6 Å². The van der Waals surface area contributed by atoms with Gasteiger partial charge in [0.15, 0.2) is 11.6 Å². The number of hydrogen-bond donors (Lipinski definition) is 0. The van der Waals surface area contributed by atoms with Crippen LogP contribution in [0.15, 0.2) is 60.2 Å². The summed E-state index contributed by atoms with van der Waals surface area (Å²) in [6, 6.07) is 15.1. The molecule has 2 heterocycles. The Bertz CT molecular complexity index is 1090. The predicted octanol–water partition coefficient (Wildman–Crippen LogP) is 3.35. The van der Waals surface area contributed by atoms with E-state index in [1.54, 1.807) is 19.1 Å². The van der Waals surface area contributed by atoms with Gasteiger partial charge < -0.3 is 23.7 Å². The number of allylic oxidation sites excluding steroid dienone is 1. The molecule has 2 aromatic rings. The summed E-state index contributed by atoms with van der Waals surface area (Å²) in [7, 11) is 1.53. The van der Waals surface area contributed by atoms with Gasteiger partial charge in [0.1, 0.15) is 18.0 Å². The molecule has 3 atom stereocenters. The predicted molar refractivity (Wildman–Crippen MR) is 118 cm³/mol. The van der Waals surface area contributed by atoms with Crippen LogP contribution in [0, 0.1) is 0 Å². The number of ether oxygens (including phenoxy) is 5. The highest BCUT2D eigenvalue weighted by Gasteiger charge is 2.53. The van der Waals surface area contributed by atoms with Crippen LogP contribution >= 0.6 is 0 Å². The van der Waals surface area contributed by atoms with E-state index >= 15 is 0 Å². The van der Waals surface area contributed by atoms with Gasteiger partial charge in [-0.05, 0) is 24.6 Å². The van der Waals surface area contributed by atoms with E-state index in [1.165, 1.54) is 13.2 Å². The number of hydrogen-bond acceptors (Lipinski definition) is 7. The van der Waals surface area contributed by atoms with Crippen molar-refractivity contribution in [2.24, 2.45) is 0 Å². The molecular weight excluding hydrogens is 424 g/mol. The van der Waals surface area contributed by atoms with Gasteiger partial charge in [0.05, 0.1) is 38.6 Å². The van der Waals surface area contributed by atoms with Crippen molar-refractivity contribution in [1.29, 1.82) is 0 Å². The number of rotatable bonds is 5. The number of Topliss-reactive ketones (excluding diaryl/α,β-unsaturated/α-hetero) is 1. The minimum atomic E-state index is -1.26. The average molecular weight is 450 g/mol. The second-order valence-electron chi connectivity index (χ2n) is 8.35. The zero-order valence-electron chi connectivity index (χ0n) is 18.6. The first kappa shape index (κ1) is 22.0. The average Bonchev–Trinajstić information content (AvgIpc) is 3.33. The highest BCUT2D eigenvalue weighted by molar-refractivity contribution is 6.10. The van der Waals surface area contributed by atoms with Crippen LogP contribution in [0.2, 0.25) is 0 Å². The Kier molecular flexibility index (Phi) is 5.88. The van der Waals surface area contributed by atoms with Gasteiger partial charge in [-0.15, -0.1) is 0 Å². The first-order valence-corrected chi connectivity index (χ1v) is 11.1. The van der Waals surface area contributed by atoms with Gasteiger partial charge >= 0.3 is 0 Å². The van der Waals surface area contributed by atoms with Crippen molar-refractivity contribution in [2.75, 3.05) is 20.3 Å². The number of methoxy groups -OCH3 is 1. The van der Waals surface area contributed by atoms with Crippen LogP contribution in [-0.4, -0.2) is 50.2 Å². The van der Waals surface area contributed by atoms with Gasteiger partial charge in [0.2, 0.25) is 5.79 Å². The second kappa shape index (κ2) is 8.83. The molecule has 5 rings (SSSR count). The smallest absolute Gasteiger partial charge is 0.222 e.